The van der Waals surface area contributed by atoms with Gasteiger partial charge < -0.3 is 0 Å². The molecule has 0 fully saturated rings. The van der Waals surface area contributed by atoms with Crippen LogP contribution >= 0.6 is 0 Å². The van der Waals surface area contributed by atoms with Crippen molar-refractivity contribution in [1.29, 1.82) is 0 Å². The molecule has 0 saturated heterocycles. The van der Waals surface area contributed by atoms with Gasteiger partial charge in [0, 0.05) is 18.8 Å². The van der Waals surface area contributed by atoms with Crippen LogP contribution < -0.4 is 0 Å². The van der Waals surface area contributed by atoms with E-state index in [1.807, 2.05) is 30.3 Å². The first-order valence-electron chi connectivity index (χ1n) is 5.19. The van der Waals surface area contributed by atoms with Gasteiger partial charge in [0.05, 0.1) is 6.20 Å². The minimum Gasteiger partial charge on any atom is -0.292 e. The van der Waals surface area contributed by atoms with Crippen LogP contribution in [0.2, 0.25) is 0 Å². The zero-order valence-corrected chi connectivity index (χ0v) is 8.84. The van der Waals surface area contributed by atoms with E-state index in [0.29, 0.717) is 12.1 Å². The molecule has 16 heavy (non-hydrogen) atoms. The van der Waals surface area contributed by atoms with Crippen LogP contribution in [0, 0.1) is 0 Å². The number of carbonyl (C=O) groups excluding carboxylic acids is 1. The molecule has 0 bridgehead atoms. The van der Waals surface area contributed by atoms with Crippen molar-refractivity contribution < 1.29 is 4.79 Å². The molecule has 0 unspecified atom stereocenters. The average molecular weight is 212 g/mol. The number of carbonyl (C=O) groups is 1. The maximum atomic E-state index is 11.7. The Morgan fingerprint density at radius 3 is 2.62 bits per heavy atom. The topological polar surface area (TPSA) is 42.9 Å². The van der Waals surface area contributed by atoms with Crippen molar-refractivity contribution >= 4 is 5.78 Å². The van der Waals surface area contributed by atoms with Crippen LogP contribution in [0.4, 0.5) is 0 Å². The molecule has 1 aromatic carbocycles. The van der Waals surface area contributed by atoms with Gasteiger partial charge in [0.25, 0.3) is 0 Å². The summed E-state index contributed by atoms with van der Waals surface area (Å²) in [6.45, 7) is 0. The molecule has 1 heterocycles. The molecule has 3 heteroatoms. The summed E-state index contributed by atoms with van der Waals surface area (Å²) in [5, 5.41) is 0. The monoisotopic (exact) mass is 212 g/mol. The number of rotatable bonds is 4. The number of benzene rings is 1. The van der Waals surface area contributed by atoms with Crippen molar-refractivity contribution in [2.24, 2.45) is 0 Å². The zero-order chi connectivity index (χ0) is 11.2. The first-order chi connectivity index (χ1) is 7.86. The van der Waals surface area contributed by atoms with E-state index in [0.717, 1.165) is 6.42 Å². The van der Waals surface area contributed by atoms with Crippen LogP contribution in [0.15, 0.2) is 48.9 Å². The Morgan fingerprint density at radius 1 is 1.12 bits per heavy atom. The third-order valence-corrected chi connectivity index (χ3v) is 2.33. The lowest BCUT2D eigenvalue weighted by Crippen LogP contribution is -2.03. The van der Waals surface area contributed by atoms with E-state index in [-0.39, 0.29) is 5.78 Å². The highest BCUT2D eigenvalue weighted by molar-refractivity contribution is 5.93. The molecule has 0 saturated carbocycles. The Morgan fingerprint density at radius 2 is 1.94 bits per heavy atom. The van der Waals surface area contributed by atoms with Crippen molar-refractivity contribution in [1.82, 2.24) is 9.97 Å². The molecule has 2 aromatic rings. The van der Waals surface area contributed by atoms with Gasteiger partial charge in [-0.25, -0.2) is 4.98 Å². The second-order valence-corrected chi connectivity index (χ2v) is 3.50. The minimum atomic E-state index is 0.0388. The summed E-state index contributed by atoms with van der Waals surface area (Å²) >= 11 is 0. The summed E-state index contributed by atoms with van der Waals surface area (Å²) in [4.78, 5) is 19.6. The van der Waals surface area contributed by atoms with Crippen LogP contribution in [0.3, 0.4) is 0 Å². The fourth-order valence-electron chi connectivity index (χ4n) is 1.47. The van der Waals surface area contributed by atoms with Gasteiger partial charge in [-0.05, 0) is 12.0 Å². The Balaban J connectivity index is 1.95. The third-order valence-electron chi connectivity index (χ3n) is 2.33. The predicted octanol–water partition coefficient (Wildman–Crippen LogP) is 2.29. The molecular formula is C13H12N2O. The Kier molecular flexibility index (Phi) is 3.38. The normalized spacial score (nSPS) is 10.0. The van der Waals surface area contributed by atoms with Crippen LogP contribution in [0.1, 0.15) is 22.5 Å². The van der Waals surface area contributed by atoms with Gasteiger partial charge in [0.15, 0.2) is 5.78 Å². The molecule has 0 aliphatic rings. The fourth-order valence-corrected chi connectivity index (χ4v) is 1.47. The molecular weight excluding hydrogens is 200 g/mol. The summed E-state index contributed by atoms with van der Waals surface area (Å²) in [5.74, 6) is 0.0388. The smallest absolute Gasteiger partial charge is 0.183 e. The summed E-state index contributed by atoms with van der Waals surface area (Å²) in [6.07, 6.45) is 5.83. The van der Waals surface area contributed by atoms with Gasteiger partial charge in [-0.15, -0.1) is 0 Å². The molecule has 1 aromatic heterocycles. The number of hydrogen-bond acceptors (Lipinski definition) is 3. The van der Waals surface area contributed by atoms with Crippen molar-refractivity contribution in [3.8, 4) is 0 Å². The second kappa shape index (κ2) is 5.16. The summed E-state index contributed by atoms with van der Waals surface area (Å²) in [7, 11) is 0. The Bertz CT molecular complexity index is 454. The number of aromatic nitrogens is 2. The van der Waals surface area contributed by atoms with Crippen molar-refractivity contribution in [2.45, 2.75) is 12.8 Å². The maximum absolute atomic E-state index is 11.7. The van der Waals surface area contributed by atoms with E-state index in [9.17, 15) is 4.79 Å². The standard InChI is InChI=1S/C13H12N2O/c16-13(12-10-14-8-9-15-12)7-6-11-4-2-1-3-5-11/h1-5,8-10H,6-7H2. The van der Waals surface area contributed by atoms with Gasteiger partial charge in [0.2, 0.25) is 0 Å². The van der Waals surface area contributed by atoms with Gasteiger partial charge in [-0.1, -0.05) is 30.3 Å². The van der Waals surface area contributed by atoms with Crippen LogP contribution in [-0.4, -0.2) is 15.8 Å². The number of ketones is 1. The van der Waals surface area contributed by atoms with Gasteiger partial charge >= 0.3 is 0 Å². The van der Waals surface area contributed by atoms with Crippen molar-refractivity contribution in [3.63, 3.8) is 0 Å². The Labute approximate surface area is 94.2 Å². The molecule has 80 valence electrons. The first kappa shape index (κ1) is 10.5. The summed E-state index contributed by atoms with van der Waals surface area (Å²) in [6, 6.07) is 9.95. The van der Waals surface area contributed by atoms with E-state index >= 15 is 0 Å². The molecule has 0 atom stereocenters. The quantitative estimate of drug-likeness (QED) is 0.730. The average Bonchev–Trinajstić information content (AvgIpc) is 2.38. The highest BCUT2D eigenvalue weighted by Crippen LogP contribution is 2.05. The molecule has 0 aliphatic heterocycles. The van der Waals surface area contributed by atoms with Crippen molar-refractivity contribution in [2.75, 3.05) is 0 Å². The van der Waals surface area contributed by atoms with E-state index < -0.39 is 0 Å². The number of aryl methyl sites for hydroxylation is 1. The van der Waals surface area contributed by atoms with E-state index in [2.05, 4.69) is 9.97 Å². The molecule has 0 N–H and O–H groups in total. The first-order valence-corrected chi connectivity index (χ1v) is 5.19. The lowest BCUT2D eigenvalue weighted by atomic mass is 10.1. The highest BCUT2D eigenvalue weighted by atomic mass is 16.1. The molecule has 0 aliphatic carbocycles. The van der Waals surface area contributed by atoms with Crippen LogP contribution in [-0.2, 0) is 6.42 Å². The zero-order valence-electron chi connectivity index (χ0n) is 8.84. The maximum Gasteiger partial charge on any atom is 0.183 e. The molecule has 0 spiro atoms. The predicted molar refractivity (Wildman–Crippen MR) is 61.1 cm³/mol. The van der Waals surface area contributed by atoms with E-state index in [1.54, 1.807) is 6.20 Å². The molecule has 3 nitrogen and oxygen atoms in total. The van der Waals surface area contributed by atoms with Gasteiger partial charge in [-0.3, -0.25) is 9.78 Å². The van der Waals surface area contributed by atoms with Crippen molar-refractivity contribution in [3.05, 3.63) is 60.2 Å². The fraction of sp³-hybridized carbons (Fsp3) is 0.154. The number of nitrogens with zero attached hydrogens (tertiary/aromatic N) is 2. The SMILES string of the molecule is O=C(CCc1ccccc1)c1cnccn1. The molecule has 0 amide bonds. The molecule has 0 radical (unpaired) electrons. The summed E-state index contributed by atoms with van der Waals surface area (Å²) < 4.78 is 0. The van der Waals surface area contributed by atoms with Crippen LogP contribution in [0.5, 0.6) is 0 Å². The van der Waals surface area contributed by atoms with Crippen LogP contribution in [0.25, 0.3) is 0 Å². The third kappa shape index (κ3) is 2.73. The number of Topliss-reactive ketones (excluding diaryl/α,β-unsaturated/α-hetero) is 1. The van der Waals surface area contributed by atoms with E-state index in [4.69, 9.17) is 0 Å². The Hall–Kier alpha value is -2.03. The highest BCUT2D eigenvalue weighted by Gasteiger charge is 2.06. The lowest BCUT2D eigenvalue weighted by molar-refractivity contribution is 0.0977. The largest absolute Gasteiger partial charge is 0.292 e. The van der Waals surface area contributed by atoms with E-state index in [1.165, 1.54) is 18.0 Å². The summed E-state index contributed by atoms with van der Waals surface area (Å²) in [5.41, 5.74) is 1.61. The van der Waals surface area contributed by atoms with Gasteiger partial charge in [0.1, 0.15) is 5.69 Å². The lowest BCUT2D eigenvalue weighted by Gasteiger charge is -2.00. The second-order valence-electron chi connectivity index (χ2n) is 3.50. The molecule has 2 rings (SSSR count). The van der Waals surface area contributed by atoms with Gasteiger partial charge in [-0.2, -0.15) is 0 Å². The number of hydrogen-bond donors (Lipinski definition) is 0. The minimum absolute atomic E-state index is 0.0388.